The van der Waals surface area contributed by atoms with Crippen LogP contribution >= 0.6 is 0 Å². The molecule has 20 heavy (non-hydrogen) atoms. The summed E-state index contributed by atoms with van der Waals surface area (Å²) < 4.78 is 5.23. The number of hydrogen-bond donors (Lipinski definition) is 1. The van der Waals surface area contributed by atoms with Crippen LogP contribution in [0.25, 0.3) is 0 Å². The molecule has 2 aromatic rings. The lowest BCUT2D eigenvalue weighted by molar-refractivity contribution is -0.145. The fourth-order valence-corrected chi connectivity index (χ4v) is 1.91. The maximum atomic E-state index is 11.8. The van der Waals surface area contributed by atoms with Gasteiger partial charge in [0.05, 0.1) is 6.42 Å². The first kappa shape index (κ1) is 14.3. The molecule has 3 heteroatoms. The number of benzene rings is 2. The second-order valence-electron chi connectivity index (χ2n) is 4.87. The van der Waals surface area contributed by atoms with E-state index in [1.165, 1.54) is 5.56 Å². The van der Waals surface area contributed by atoms with Gasteiger partial charge in [0.25, 0.3) is 0 Å². The van der Waals surface area contributed by atoms with E-state index in [1.807, 2.05) is 61.5 Å². The molecule has 0 fully saturated rings. The minimum absolute atomic E-state index is 0.190. The molecular formula is C17H19NO2. The molecule has 104 valence electrons. The first-order valence-electron chi connectivity index (χ1n) is 6.67. The third-order valence-electron chi connectivity index (χ3n) is 3.13. The fraction of sp³-hybridized carbons (Fsp3) is 0.235. The van der Waals surface area contributed by atoms with Crippen molar-refractivity contribution in [2.45, 2.75) is 26.0 Å². The van der Waals surface area contributed by atoms with Crippen molar-refractivity contribution in [2.24, 2.45) is 5.73 Å². The van der Waals surface area contributed by atoms with E-state index in [0.717, 1.165) is 11.1 Å². The van der Waals surface area contributed by atoms with Crippen LogP contribution in [0.1, 0.15) is 29.2 Å². The zero-order valence-electron chi connectivity index (χ0n) is 11.6. The van der Waals surface area contributed by atoms with Crippen LogP contribution < -0.4 is 5.73 Å². The summed E-state index contributed by atoms with van der Waals surface area (Å²) >= 11 is 0. The van der Waals surface area contributed by atoms with E-state index in [4.69, 9.17) is 10.5 Å². The van der Waals surface area contributed by atoms with Gasteiger partial charge in [0.2, 0.25) is 0 Å². The molecular weight excluding hydrogens is 250 g/mol. The summed E-state index contributed by atoms with van der Waals surface area (Å²) in [5.41, 5.74) is 9.12. The number of carbonyl (C=O) groups excluding carboxylic acids is 1. The molecule has 0 saturated heterocycles. The molecule has 0 radical (unpaired) electrons. The van der Waals surface area contributed by atoms with Crippen molar-refractivity contribution in [3.8, 4) is 0 Å². The number of rotatable bonds is 5. The third-order valence-corrected chi connectivity index (χ3v) is 3.13. The smallest absolute Gasteiger partial charge is 0.308 e. The highest BCUT2D eigenvalue weighted by molar-refractivity contribution is 5.70. The highest BCUT2D eigenvalue weighted by Gasteiger charge is 2.12. The molecule has 2 N–H and O–H groups in total. The van der Waals surface area contributed by atoms with Crippen LogP contribution in [0.5, 0.6) is 0 Å². The van der Waals surface area contributed by atoms with Crippen molar-refractivity contribution in [2.75, 3.05) is 0 Å². The van der Waals surface area contributed by atoms with Gasteiger partial charge in [-0.1, -0.05) is 60.2 Å². The summed E-state index contributed by atoms with van der Waals surface area (Å²) in [6, 6.07) is 17.2. The van der Waals surface area contributed by atoms with Gasteiger partial charge in [-0.05, 0) is 18.1 Å². The Balaban J connectivity index is 1.83. The lowest BCUT2D eigenvalue weighted by Crippen LogP contribution is -2.17. The number of carbonyl (C=O) groups is 1. The molecule has 0 aliphatic rings. The molecule has 0 aromatic heterocycles. The maximum absolute atomic E-state index is 11.8. The fourth-order valence-electron chi connectivity index (χ4n) is 1.91. The second-order valence-corrected chi connectivity index (χ2v) is 4.87. The zero-order valence-corrected chi connectivity index (χ0v) is 11.6. The first-order valence-corrected chi connectivity index (χ1v) is 6.67. The van der Waals surface area contributed by atoms with Gasteiger partial charge in [0, 0.05) is 6.04 Å². The lowest BCUT2D eigenvalue weighted by atomic mass is 10.0. The van der Waals surface area contributed by atoms with Crippen molar-refractivity contribution in [1.29, 1.82) is 0 Å². The number of nitrogens with two attached hydrogens (primary N) is 1. The Morgan fingerprint density at radius 2 is 1.75 bits per heavy atom. The van der Waals surface area contributed by atoms with Crippen LogP contribution in [0, 0.1) is 6.92 Å². The average Bonchev–Trinajstić information content (AvgIpc) is 2.47. The van der Waals surface area contributed by atoms with Crippen LogP contribution in [0.15, 0.2) is 54.6 Å². The Kier molecular flexibility index (Phi) is 4.91. The first-order chi connectivity index (χ1) is 9.65. The van der Waals surface area contributed by atoms with E-state index in [0.29, 0.717) is 6.61 Å². The highest BCUT2D eigenvalue weighted by Crippen LogP contribution is 2.15. The van der Waals surface area contributed by atoms with Gasteiger partial charge < -0.3 is 10.5 Å². The molecule has 0 amide bonds. The largest absolute Gasteiger partial charge is 0.461 e. The van der Waals surface area contributed by atoms with E-state index < -0.39 is 0 Å². The normalized spacial score (nSPS) is 11.9. The minimum Gasteiger partial charge on any atom is -0.461 e. The quantitative estimate of drug-likeness (QED) is 0.848. The van der Waals surface area contributed by atoms with E-state index >= 15 is 0 Å². The van der Waals surface area contributed by atoms with Crippen LogP contribution in [0.3, 0.4) is 0 Å². The number of aryl methyl sites for hydroxylation is 1. The summed E-state index contributed by atoms with van der Waals surface area (Å²) in [5, 5.41) is 0. The molecule has 0 aliphatic heterocycles. The standard InChI is InChI=1S/C17H19NO2/c1-13-7-9-15(10-8-13)16(18)11-17(19)20-12-14-5-3-2-4-6-14/h2-10,16H,11-12,18H2,1H3. The van der Waals surface area contributed by atoms with Crippen molar-refractivity contribution in [3.63, 3.8) is 0 Å². The van der Waals surface area contributed by atoms with Gasteiger partial charge in [-0.15, -0.1) is 0 Å². The number of esters is 1. The molecule has 0 spiro atoms. The zero-order chi connectivity index (χ0) is 14.4. The molecule has 2 aromatic carbocycles. The van der Waals surface area contributed by atoms with Gasteiger partial charge in [-0.2, -0.15) is 0 Å². The van der Waals surface area contributed by atoms with E-state index in [-0.39, 0.29) is 18.4 Å². The molecule has 0 heterocycles. The topological polar surface area (TPSA) is 52.3 Å². The van der Waals surface area contributed by atoms with E-state index in [1.54, 1.807) is 0 Å². The van der Waals surface area contributed by atoms with Crippen molar-refractivity contribution < 1.29 is 9.53 Å². The van der Waals surface area contributed by atoms with Crippen LogP contribution in [-0.2, 0) is 16.1 Å². The molecule has 1 unspecified atom stereocenters. The Bertz CT molecular complexity index is 549. The van der Waals surface area contributed by atoms with Gasteiger partial charge in [-0.3, -0.25) is 4.79 Å². The molecule has 0 aliphatic carbocycles. The molecule has 0 saturated carbocycles. The van der Waals surface area contributed by atoms with Crippen LogP contribution in [-0.4, -0.2) is 5.97 Å². The summed E-state index contributed by atoms with van der Waals surface area (Å²) in [5.74, 6) is -0.276. The molecule has 0 bridgehead atoms. The number of ether oxygens (including phenoxy) is 1. The Labute approximate surface area is 119 Å². The Hall–Kier alpha value is -2.13. The molecule has 2 rings (SSSR count). The van der Waals surface area contributed by atoms with Crippen LogP contribution in [0.4, 0.5) is 0 Å². The third kappa shape index (κ3) is 4.21. The van der Waals surface area contributed by atoms with Crippen LogP contribution in [0.2, 0.25) is 0 Å². The summed E-state index contributed by atoms with van der Waals surface area (Å²) in [6.45, 7) is 2.31. The van der Waals surface area contributed by atoms with Crippen molar-refractivity contribution >= 4 is 5.97 Å². The SMILES string of the molecule is Cc1ccc(C(N)CC(=O)OCc2ccccc2)cc1. The summed E-state index contributed by atoms with van der Waals surface area (Å²) in [4.78, 5) is 11.8. The summed E-state index contributed by atoms with van der Waals surface area (Å²) in [6.07, 6.45) is 0.190. The molecule has 3 nitrogen and oxygen atoms in total. The second kappa shape index (κ2) is 6.87. The maximum Gasteiger partial charge on any atom is 0.308 e. The Morgan fingerprint density at radius 1 is 1.10 bits per heavy atom. The van der Waals surface area contributed by atoms with E-state index in [2.05, 4.69) is 0 Å². The number of hydrogen-bond acceptors (Lipinski definition) is 3. The van der Waals surface area contributed by atoms with Crippen molar-refractivity contribution in [1.82, 2.24) is 0 Å². The Morgan fingerprint density at radius 3 is 2.40 bits per heavy atom. The van der Waals surface area contributed by atoms with Gasteiger partial charge >= 0.3 is 5.97 Å². The minimum atomic E-state index is -0.320. The summed E-state index contributed by atoms with van der Waals surface area (Å²) in [7, 11) is 0. The van der Waals surface area contributed by atoms with Crippen molar-refractivity contribution in [3.05, 3.63) is 71.3 Å². The predicted octanol–water partition coefficient (Wildman–Crippen LogP) is 3.13. The lowest BCUT2D eigenvalue weighted by Gasteiger charge is -2.12. The van der Waals surface area contributed by atoms with E-state index in [9.17, 15) is 4.79 Å². The average molecular weight is 269 g/mol. The van der Waals surface area contributed by atoms with Gasteiger partial charge in [-0.25, -0.2) is 0 Å². The highest BCUT2D eigenvalue weighted by atomic mass is 16.5. The van der Waals surface area contributed by atoms with Gasteiger partial charge in [0.1, 0.15) is 6.61 Å². The predicted molar refractivity (Wildman–Crippen MR) is 79.0 cm³/mol. The molecule has 1 atom stereocenters. The van der Waals surface area contributed by atoms with Gasteiger partial charge in [0.15, 0.2) is 0 Å². The monoisotopic (exact) mass is 269 g/mol.